The van der Waals surface area contributed by atoms with Crippen molar-refractivity contribution >= 4 is 35.4 Å². The molecule has 0 aromatic heterocycles. The molecule has 0 bridgehead atoms. The molecule has 1 atom stereocenters. The molecule has 18 heavy (non-hydrogen) atoms. The summed E-state index contributed by atoms with van der Waals surface area (Å²) in [4.78, 5) is 44.2. The maximum Gasteiger partial charge on any atom is 0.249 e. The maximum absolute atomic E-state index is 11.5. The Labute approximate surface area is 108 Å². The lowest BCUT2D eigenvalue weighted by Crippen LogP contribution is -2.52. The van der Waals surface area contributed by atoms with Crippen molar-refractivity contribution < 1.29 is 19.2 Å². The van der Waals surface area contributed by atoms with Gasteiger partial charge in [0.05, 0.1) is 5.75 Å². The summed E-state index contributed by atoms with van der Waals surface area (Å²) in [5.41, 5.74) is 4.94. The van der Waals surface area contributed by atoms with Gasteiger partial charge in [0.15, 0.2) is 0 Å². The van der Waals surface area contributed by atoms with Crippen LogP contribution in [0.4, 0.5) is 0 Å². The first-order valence-corrected chi connectivity index (χ1v) is 6.63. The largest absolute Gasteiger partial charge is 0.369 e. The molecule has 1 aliphatic heterocycles. The lowest BCUT2D eigenvalue weighted by Gasteiger charge is -2.21. The maximum atomic E-state index is 11.5. The van der Waals surface area contributed by atoms with Gasteiger partial charge in [-0.2, -0.15) is 11.8 Å². The first-order chi connectivity index (χ1) is 8.49. The number of thioether (sulfide) groups is 1. The second-order valence-corrected chi connectivity index (χ2v) is 4.95. The van der Waals surface area contributed by atoms with E-state index in [-0.39, 0.29) is 30.4 Å². The van der Waals surface area contributed by atoms with Gasteiger partial charge in [0, 0.05) is 18.6 Å². The van der Waals surface area contributed by atoms with Crippen LogP contribution >= 0.6 is 11.8 Å². The van der Waals surface area contributed by atoms with Gasteiger partial charge in [-0.15, -0.1) is 0 Å². The van der Waals surface area contributed by atoms with Gasteiger partial charge in [-0.25, -0.2) is 0 Å². The van der Waals surface area contributed by atoms with Gasteiger partial charge >= 0.3 is 0 Å². The third kappa shape index (κ3) is 5.17. The molecular formula is C10H15N3O4S. The van der Waals surface area contributed by atoms with Crippen LogP contribution in [-0.4, -0.2) is 41.2 Å². The number of hydrogen-bond acceptors (Lipinski definition) is 5. The Balaban J connectivity index is 2.21. The normalized spacial score (nSPS) is 19.2. The van der Waals surface area contributed by atoms with Crippen LogP contribution in [0.2, 0.25) is 0 Å². The third-order valence-electron chi connectivity index (χ3n) is 2.29. The number of hydrogen-bond donors (Lipinski definition) is 3. The molecule has 1 saturated heterocycles. The number of carbonyl (C=O) groups is 4. The Bertz CT molecular complexity index is 372. The van der Waals surface area contributed by atoms with E-state index in [1.165, 1.54) is 11.8 Å². The fourth-order valence-electron chi connectivity index (χ4n) is 1.44. The first kappa shape index (κ1) is 14.5. The summed E-state index contributed by atoms with van der Waals surface area (Å²) in [6, 6.07) is -0.642. The van der Waals surface area contributed by atoms with E-state index in [4.69, 9.17) is 5.73 Å². The summed E-state index contributed by atoms with van der Waals surface area (Å²) < 4.78 is 0. The standard InChI is InChI=1S/C10H15N3O4S/c11-7(14)5-18-4-3-9(16)12-6-1-2-8(15)13-10(6)17/h6H,1-5H2,(H2,11,14)(H,12,16)(H,13,15,17). The number of amides is 4. The number of primary amides is 1. The number of imide groups is 1. The van der Waals surface area contributed by atoms with E-state index in [0.29, 0.717) is 12.2 Å². The molecule has 7 nitrogen and oxygen atoms in total. The van der Waals surface area contributed by atoms with E-state index in [1.54, 1.807) is 0 Å². The molecule has 0 aromatic carbocycles. The summed E-state index contributed by atoms with van der Waals surface area (Å²) in [5.74, 6) is -0.854. The highest BCUT2D eigenvalue weighted by Gasteiger charge is 2.27. The minimum Gasteiger partial charge on any atom is -0.369 e. The van der Waals surface area contributed by atoms with Gasteiger partial charge in [-0.05, 0) is 6.42 Å². The van der Waals surface area contributed by atoms with Crippen molar-refractivity contribution in [2.45, 2.75) is 25.3 Å². The smallest absolute Gasteiger partial charge is 0.249 e. The SMILES string of the molecule is NC(=O)CSCCC(=O)NC1CCC(=O)NC1=O. The lowest BCUT2D eigenvalue weighted by atomic mass is 10.1. The highest BCUT2D eigenvalue weighted by atomic mass is 32.2. The highest BCUT2D eigenvalue weighted by Crippen LogP contribution is 2.06. The Hall–Kier alpha value is -1.57. The van der Waals surface area contributed by atoms with Crippen molar-refractivity contribution in [3.8, 4) is 0 Å². The van der Waals surface area contributed by atoms with Crippen molar-refractivity contribution in [3.05, 3.63) is 0 Å². The molecule has 4 amide bonds. The summed E-state index contributed by atoms with van der Waals surface area (Å²) in [7, 11) is 0. The highest BCUT2D eigenvalue weighted by molar-refractivity contribution is 7.99. The van der Waals surface area contributed by atoms with Crippen LogP contribution in [0.3, 0.4) is 0 Å². The molecule has 1 rings (SSSR count). The molecule has 100 valence electrons. The summed E-state index contributed by atoms with van der Waals surface area (Å²) in [5, 5.41) is 4.70. The predicted molar refractivity (Wildman–Crippen MR) is 65.5 cm³/mol. The molecule has 0 saturated carbocycles. The summed E-state index contributed by atoms with van der Waals surface area (Å²) >= 11 is 1.26. The number of carbonyl (C=O) groups excluding carboxylic acids is 4. The molecular weight excluding hydrogens is 258 g/mol. The van der Waals surface area contributed by atoms with E-state index in [0.717, 1.165) is 0 Å². The lowest BCUT2D eigenvalue weighted by molar-refractivity contribution is -0.137. The van der Waals surface area contributed by atoms with Crippen LogP contribution < -0.4 is 16.4 Å². The summed E-state index contributed by atoms with van der Waals surface area (Å²) in [6.45, 7) is 0. The first-order valence-electron chi connectivity index (χ1n) is 5.48. The van der Waals surface area contributed by atoms with E-state index in [1.807, 2.05) is 0 Å². The van der Waals surface area contributed by atoms with Crippen molar-refractivity contribution in [2.24, 2.45) is 5.73 Å². The van der Waals surface area contributed by atoms with Crippen molar-refractivity contribution in [3.63, 3.8) is 0 Å². The average molecular weight is 273 g/mol. The minimum absolute atomic E-state index is 0.172. The van der Waals surface area contributed by atoms with Crippen LogP contribution in [0.5, 0.6) is 0 Å². The van der Waals surface area contributed by atoms with E-state index >= 15 is 0 Å². The molecule has 1 fully saturated rings. The van der Waals surface area contributed by atoms with Crippen LogP contribution in [0.25, 0.3) is 0 Å². The molecule has 1 unspecified atom stereocenters. The number of rotatable bonds is 6. The summed E-state index contributed by atoms with van der Waals surface area (Å²) in [6.07, 6.45) is 0.758. The van der Waals surface area contributed by atoms with E-state index in [9.17, 15) is 19.2 Å². The van der Waals surface area contributed by atoms with E-state index < -0.39 is 17.9 Å². The molecule has 4 N–H and O–H groups in total. The van der Waals surface area contributed by atoms with Crippen LogP contribution in [0, 0.1) is 0 Å². The second-order valence-electron chi connectivity index (χ2n) is 3.84. The average Bonchev–Trinajstić information content (AvgIpc) is 2.28. The molecule has 1 aliphatic rings. The third-order valence-corrected chi connectivity index (χ3v) is 3.27. The zero-order valence-corrected chi connectivity index (χ0v) is 10.5. The van der Waals surface area contributed by atoms with Gasteiger partial charge in [-0.1, -0.05) is 0 Å². The molecule has 0 aliphatic carbocycles. The van der Waals surface area contributed by atoms with Gasteiger partial charge < -0.3 is 11.1 Å². The molecule has 0 spiro atoms. The van der Waals surface area contributed by atoms with Crippen molar-refractivity contribution in [2.75, 3.05) is 11.5 Å². The predicted octanol–water partition coefficient (Wildman–Crippen LogP) is -1.48. The van der Waals surface area contributed by atoms with Crippen LogP contribution in [-0.2, 0) is 19.2 Å². The molecule has 1 heterocycles. The van der Waals surface area contributed by atoms with Gasteiger partial charge in [0.1, 0.15) is 6.04 Å². The minimum atomic E-state index is -0.642. The Morgan fingerprint density at radius 2 is 2.17 bits per heavy atom. The van der Waals surface area contributed by atoms with Gasteiger partial charge in [0.25, 0.3) is 0 Å². The fraction of sp³-hybridized carbons (Fsp3) is 0.600. The quantitative estimate of drug-likeness (QED) is 0.403. The van der Waals surface area contributed by atoms with Crippen molar-refractivity contribution in [1.82, 2.24) is 10.6 Å². The van der Waals surface area contributed by atoms with Crippen LogP contribution in [0.1, 0.15) is 19.3 Å². The second kappa shape index (κ2) is 7.00. The molecule has 0 radical (unpaired) electrons. The number of piperidine rings is 1. The Morgan fingerprint density at radius 1 is 1.44 bits per heavy atom. The monoisotopic (exact) mass is 273 g/mol. The fourth-order valence-corrected chi connectivity index (χ4v) is 2.11. The zero-order valence-electron chi connectivity index (χ0n) is 9.73. The number of nitrogens with one attached hydrogen (secondary N) is 2. The van der Waals surface area contributed by atoms with Crippen LogP contribution in [0.15, 0.2) is 0 Å². The van der Waals surface area contributed by atoms with Gasteiger partial charge in [-0.3, -0.25) is 24.5 Å². The Kier molecular flexibility index (Phi) is 5.63. The van der Waals surface area contributed by atoms with E-state index in [2.05, 4.69) is 10.6 Å². The zero-order chi connectivity index (χ0) is 13.5. The molecule has 8 heteroatoms. The number of nitrogens with two attached hydrogens (primary N) is 1. The van der Waals surface area contributed by atoms with Crippen molar-refractivity contribution in [1.29, 1.82) is 0 Å². The Morgan fingerprint density at radius 3 is 2.78 bits per heavy atom. The van der Waals surface area contributed by atoms with Gasteiger partial charge in [0.2, 0.25) is 23.6 Å². The topological polar surface area (TPSA) is 118 Å². The molecule has 0 aromatic rings.